The lowest BCUT2D eigenvalue weighted by Gasteiger charge is -2.21. The van der Waals surface area contributed by atoms with Crippen molar-refractivity contribution < 1.29 is 9.53 Å². The maximum atomic E-state index is 11.9. The molecule has 1 aliphatic carbocycles. The van der Waals surface area contributed by atoms with Gasteiger partial charge in [-0.3, -0.25) is 15.1 Å². The van der Waals surface area contributed by atoms with Crippen LogP contribution in [0.4, 0.5) is 5.95 Å². The Labute approximate surface area is 128 Å². The molecule has 1 amide bonds. The number of amides is 1. The molecule has 2 heterocycles. The van der Waals surface area contributed by atoms with E-state index in [-0.39, 0.29) is 18.6 Å². The van der Waals surface area contributed by atoms with Gasteiger partial charge in [-0.05, 0) is 25.0 Å². The van der Waals surface area contributed by atoms with Crippen molar-refractivity contribution in [1.29, 1.82) is 0 Å². The summed E-state index contributed by atoms with van der Waals surface area (Å²) in [5.41, 5.74) is 0.675. The number of pyridine rings is 1. The minimum Gasteiger partial charge on any atom is -0.368 e. The van der Waals surface area contributed by atoms with E-state index in [9.17, 15) is 4.79 Å². The molecule has 0 radical (unpaired) electrons. The van der Waals surface area contributed by atoms with Gasteiger partial charge in [-0.2, -0.15) is 0 Å². The highest BCUT2D eigenvalue weighted by Crippen LogP contribution is 2.20. The van der Waals surface area contributed by atoms with Gasteiger partial charge in [-0.25, -0.2) is 0 Å². The molecule has 0 aromatic carbocycles. The molecule has 1 aliphatic rings. The summed E-state index contributed by atoms with van der Waals surface area (Å²) in [7, 11) is 0. The summed E-state index contributed by atoms with van der Waals surface area (Å²) >= 11 is 0. The standard InChI is InChI=1S/C15H19N5O2/c21-13(10-22-11-6-2-1-3-7-11)17-15-18-14(19-20-15)12-8-4-5-9-16-12/h4-5,8-9,11H,1-3,6-7,10H2,(H2,17,18,19,20,21). The lowest BCUT2D eigenvalue weighted by atomic mass is 9.98. The van der Waals surface area contributed by atoms with E-state index in [1.54, 1.807) is 6.20 Å². The maximum absolute atomic E-state index is 11.9. The van der Waals surface area contributed by atoms with Crippen molar-refractivity contribution in [3.05, 3.63) is 24.4 Å². The first kappa shape index (κ1) is 14.6. The molecule has 116 valence electrons. The number of ether oxygens (including phenoxy) is 1. The fraction of sp³-hybridized carbons (Fsp3) is 0.467. The molecule has 0 saturated heterocycles. The molecule has 7 heteroatoms. The number of H-pyrrole nitrogens is 1. The van der Waals surface area contributed by atoms with E-state index in [4.69, 9.17) is 4.74 Å². The van der Waals surface area contributed by atoms with Gasteiger partial charge >= 0.3 is 0 Å². The Morgan fingerprint density at radius 3 is 2.91 bits per heavy atom. The second-order valence-corrected chi connectivity index (χ2v) is 5.36. The van der Waals surface area contributed by atoms with Crippen LogP contribution in [-0.2, 0) is 9.53 Å². The highest BCUT2D eigenvalue weighted by Gasteiger charge is 2.16. The molecule has 2 N–H and O–H groups in total. The third-order valence-electron chi connectivity index (χ3n) is 3.65. The smallest absolute Gasteiger partial charge is 0.252 e. The van der Waals surface area contributed by atoms with Gasteiger partial charge in [0.2, 0.25) is 5.95 Å². The van der Waals surface area contributed by atoms with Crippen LogP contribution in [-0.4, -0.2) is 38.8 Å². The minimum atomic E-state index is -0.228. The third kappa shape index (κ3) is 3.88. The van der Waals surface area contributed by atoms with E-state index in [0.717, 1.165) is 12.8 Å². The summed E-state index contributed by atoms with van der Waals surface area (Å²) < 4.78 is 5.62. The van der Waals surface area contributed by atoms with Crippen LogP contribution in [0.2, 0.25) is 0 Å². The van der Waals surface area contributed by atoms with Crippen molar-refractivity contribution in [3.63, 3.8) is 0 Å². The summed E-state index contributed by atoms with van der Waals surface area (Å²) in [6.45, 7) is 0.0459. The van der Waals surface area contributed by atoms with Crippen LogP contribution in [0.1, 0.15) is 32.1 Å². The van der Waals surface area contributed by atoms with Crippen molar-refractivity contribution >= 4 is 11.9 Å². The molecule has 1 fully saturated rings. The first-order valence-electron chi connectivity index (χ1n) is 7.57. The normalized spacial score (nSPS) is 15.6. The number of hydrogen-bond acceptors (Lipinski definition) is 5. The van der Waals surface area contributed by atoms with Crippen LogP contribution < -0.4 is 5.32 Å². The molecule has 7 nitrogen and oxygen atoms in total. The number of anilines is 1. The minimum absolute atomic E-state index is 0.0459. The number of aromatic amines is 1. The van der Waals surface area contributed by atoms with Gasteiger partial charge in [0.15, 0.2) is 5.82 Å². The van der Waals surface area contributed by atoms with Crippen LogP contribution in [0.15, 0.2) is 24.4 Å². The van der Waals surface area contributed by atoms with Gasteiger partial charge in [0, 0.05) is 6.20 Å². The van der Waals surface area contributed by atoms with E-state index in [1.165, 1.54) is 19.3 Å². The Morgan fingerprint density at radius 2 is 2.14 bits per heavy atom. The number of aromatic nitrogens is 4. The highest BCUT2D eigenvalue weighted by molar-refractivity contribution is 5.90. The predicted molar refractivity (Wildman–Crippen MR) is 81.1 cm³/mol. The average Bonchev–Trinajstić information content (AvgIpc) is 3.03. The fourth-order valence-corrected chi connectivity index (χ4v) is 2.53. The van der Waals surface area contributed by atoms with Crippen LogP contribution in [0, 0.1) is 0 Å². The Morgan fingerprint density at radius 1 is 1.27 bits per heavy atom. The number of nitrogens with zero attached hydrogens (tertiary/aromatic N) is 3. The SMILES string of the molecule is O=C(COC1CCCCC1)Nc1nnc(-c2ccccn2)[nH]1. The molecule has 1 saturated carbocycles. The average molecular weight is 301 g/mol. The molecule has 2 aromatic rings. The molecule has 22 heavy (non-hydrogen) atoms. The molecule has 3 rings (SSSR count). The summed E-state index contributed by atoms with van der Waals surface area (Å²) in [5, 5.41) is 10.5. The van der Waals surface area contributed by atoms with Crippen molar-refractivity contribution in [2.75, 3.05) is 11.9 Å². The summed E-state index contributed by atoms with van der Waals surface area (Å²) in [5.74, 6) is 0.594. The van der Waals surface area contributed by atoms with E-state index in [2.05, 4.69) is 25.5 Å². The number of nitrogens with one attached hydrogen (secondary N) is 2. The molecule has 0 spiro atoms. The zero-order chi connectivity index (χ0) is 15.2. The van der Waals surface area contributed by atoms with Crippen molar-refractivity contribution in [2.45, 2.75) is 38.2 Å². The Bertz CT molecular complexity index is 607. The highest BCUT2D eigenvalue weighted by atomic mass is 16.5. The second-order valence-electron chi connectivity index (χ2n) is 5.36. The monoisotopic (exact) mass is 301 g/mol. The molecule has 0 atom stereocenters. The number of carbonyl (C=O) groups is 1. The first-order chi connectivity index (χ1) is 10.8. The first-order valence-corrected chi connectivity index (χ1v) is 7.57. The molecule has 0 aliphatic heterocycles. The van der Waals surface area contributed by atoms with Crippen LogP contribution in [0.25, 0.3) is 11.5 Å². The Hall–Kier alpha value is -2.28. The number of hydrogen-bond donors (Lipinski definition) is 2. The van der Waals surface area contributed by atoms with E-state index in [1.807, 2.05) is 18.2 Å². The number of rotatable bonds is 5. The van der Waals surface area contributed by atoms with E-state index in [0.29, 0.717) is 17.5 Å². The lowest BCUT2D eigenvalue weighted by Crippen LogP contribution is -2.25. The van der Waals surface area contributed by atoms with E-state index >= 15 is 0 Å². The van der Waals surface area contributed by atoms with Gasteiger partial charge in [-0.15, -0.1) is 10.2 Å². The summed E-state index contributed by atoms with van der Waals surface area (Å²) in [6.07, 6.45) is 7.59. The molecule has 2 aromatic heterocycles. The maximum Gasteiger partial charge on any atom is 0.252 e. The zero-order valence-corrected chi connectivity index (χ0v) is 12.3. The predicted octanol–water partition coefficient (Wildman–Crippen LogP) is 2.15. The number of carbonyl (C=O) groups excluding carboxylic acids is 1. The largest absolute Gasteiger partial charge is 0.368 e. The summed E-state index contributed by atoms with van der Waals surface area (Å²) in [4.78, 5) is 19.0. The molecule has 0 unspecified atom stereocenters. The van der Waals surface area contributed by atoms with Gasteiger partial charge in [-0.1, -0.05) is 25.3 Å². The Balaban J connectivity index is 1.50. The zero-order valence-electron chi connectivity index (χ0n) is 12.3. The van der Waals surface area contributed by atoms with Gasteiger partial charge in [0.1, 0.15) is 12.3 Å². The Kier molecular flexibility index (Phi) is 4.75. The van der Waals surface area contributed by atoms with Crippen LogP contribution in [0.3, 0.4) is 0 Å². The quantitative estimate of drug-likeness (QED) is 0.882. The molecule has 0 bridgehead atoms. The topological polar surface area (TPSA) is 92.8 Å². The van der Waals surface area contributed by atoms with Crippen molar-refractivity contribution in [2.24, 2.45) is 0 Å². The van der Waals surface area contributed by atoms with Gasteiger partial charge in [0.05, 0.1) is 6.10 Å². The van der Waals surface area contributed by atoms with Crippen LogP contribution >= 0.6 is 0 Å². The van der Waals surface area contributed by atoms with Crippen molar-refractivity contribution in [1.82, 2.24) is 20.2 Å². The lowest BCUT2D eigenvalue weighted by molar-refractivity contribution is -0.123. The van der Waals surface area contributed by atoms with Crippen LogP contribution in [0.5, 0.6) is 0 Å². The van der Waals surface area contributed by atoms with Gasteiger partial charge < -0.3 is 9.72 Å². The van der Waals surface area contributed by atoms with Gasteiger partial charge in [0.25, 0.3) is 5.91 Å². The third-order valence-corrected chi connectivity index (χ3v) is 3.65. The second kappa shape index (κ2) is 7.13. The fourth-order valence-electron chi connectivity index (χ4n) is 2.53. The summed E-state index contributed by atoms with van der Waals surface area (Å²) in [6, 6.07) is 5.50. The molecular weight excluding hydrogens is 282 g/mol. The molecular formula is C15H19N5O2. The van der Waals surface area contributed by atoms with Crippen molar-refractivity contribution in [3.8, 4) is 11.5 Å². The van der Waals surface area contributed by atoms with E-state index < -0.39 is 0 Å².